The van der Waals surface area contributed by atoms with Crippen molar-refractivity contribution in [3.05, 3.63) is 11.9 Å². The van der Waals surface area contributed by atoms with Crippen LogP contribution >= 0.6 is 7.92 Å². The van der Waals surface area contributed by atoms with Gasteiger partial charge in [0.05, 0.1) is 0 Å². The van der Waals surface area contributed by atoms with E-state index in [1.165, 1.54) is 0 Å². The summed E-state index contributed by atoms with van der Waals surface area (Å²) in [5, 5.41) is 8.33. The zero-order valence-corrected chi connectivity index (χ0v) is 7.54. The summed E-state index contributed by atoms with van der Waals surface area (Å²) in [6.45, 7) is 8.33. The first-order chi connectivity index (χ1) is 4.57. The van der Waals surface area contributed by atoms with E-state index in [1.807, 2.05) is 6.92 Å². The Bertz CT molecular complexity index is 143. The predicted molar refractivity (Wildman–Crippen MR) is 49.3 cm³/mol. The van der Waals surface area contributed by atoms with E-state index in [4.69, 9.17) is 11.1 Å². The minimum atomic E-state index is -0.225. The molecule has 0 amide bonds. The van der Waals surface area contributed by atoms with Gasteiger partial charge in [-0.15, -0.1) is 0 Å². The third kappa shape index (κ3) is 3.76. The lowest BCUT2D eigenvalue weighted by Gasteiger charge is -2.11. The lowest BCUT2D eigenvalue weighted by molar-refractivity contribution is 1.23. The predicted octanol–water partition coefficient (Wildman–Crippen LogP) is 1.61. The SMILES string of the molecule is C=C(CN)P(C)CC(C)=N. The highest BCUT2D eigenvalue weighted by Gasteiger charge is 2.03. The van der Waals surface area contributed by atoms with Gasteiger partial charge in [-0.1, -0.05) is 14.5 Å². The van der Waals surface area contributed by atoms with Crippen LogP contribution < -0.4 is 5.73 Å². The van der Waals surface area contributed by atoms with Gasteiger partial charge in [0.2, 0.25) is 0 Å². The van der Waals surface area contributed by atoms with Gasteiger partial charge >= 0.3 is 0 Å². The van der Waals surface area contributed by atoms with Gasteiger partial charge in [-0.05, 0) is 18.9 Å². The molecule has 0 heterocycles. The quantitative estimate of drug-likeness (QED) is 0.474. The van der Waals surface area contributed by atoms with E-state index >= 15 is 0 Å². The van der Waals surface area contributed by atoms with Gasteiger partial charge in [0.1, 0.15) is 0 Å². The van der Waals surface area contributed by atoms with Gasteiger partial charge in [-0.2, -0.15) is 0 Å². The van der Waals surface area contributed by atoms with Gasteiger partial charge < -0.3 is 11.1 Å². The van der Waals surface area contributed by atoms with E-state index in [1.54, 1.807) is 0 Å². The fourth-order valence-electron chi connectivity index (χ4n) is 0.623. The molecule has 0 aliphatic rings. The topological polar surface area (TPSA) is 49.9 Å². The summed E-state index contributed by atoms with van der Waals surface area (Å²) in [6.07, 6.45) is 0.853. The lowest BCUT2D eigenvalue weighted by atomic mass is 10.5. The van der Waals surface area contributed by atoms with Crippen LogP contribution in [0.2, 0.25) is 0 Å². The molecule has 0 aromatic rings. The van der Waals surface area contributed by atoms with Gasteiger partial charge in [0, 0.05) is 18.4 Å². The Kier molecular flexibility index (Phi) is 4.50. The molecule has 0 saturated heterocycles. The summed E-state index contributed by atoms with van der Waals surface area (Å²) in [5.41, 5.74) is 6.12. The van der Waals surface area contributed by atoms with Crippen LogP contribution in [0.3, 0.4) is 0 Å². The van der Waals surface area contributed by atoms with Crippen molar-refractivity contribution < 1.29 is 0 Å². The summed E-state index contributed by atoms with van der Waals surface area (Å²) in [7, 11) is -0.225. The molecule has 0 saturated carbocycles. The highest BCUT2D eigenvalue weighted by atomic mass is 31.1. The third-order valence-electron chi connectivity index (χ3n) is 1.25. The van der Waals surface area contributed by atoms with Gasteiger partial charge in [-0.25, -0.2) is 0 Å². The first kappa shape index (κ1) is 9.80. The van der Waals surface area contributed by atoms with Crippen molar-refractivity contribution in [2.24, 2.45) is 5.73 Å². The Morgan fingerprint density at radius 2 is 2.20 bits per heavy atom. The molecule has 3 heteroatoms. The highest BCUT2D eigenvalue weighted by Crippen LogP contribution is 2.38. The van der Waals surface area contributed by atoms with Gasteiger partial charge in [0.15, 0.2) is 0 Å². The van der Waals surface area contributed by atoms with Gasteiger partial charge in [-0.3, -0.25) is 0 Å². The van der Waals surface area contributed by atoms with Crippen molar-refractivity contribution in [1.82, 2.24) is 0 Å². The first-order valence-corrected chi connectivity index (χ1v) is 5.18. The molecule has 2 nitrogen and oxygen atoms in total. The molecule has 0 rings (SSSR count). The fourth-order valence-corrected chi connectivity index (χ4v) is 1.87. The summed E-state index contributed by atoms with van der Waals surface area (Å²) in [4.78, 5) is 0. The zero-order chi connectivity index (χ0) is 8.15. The lowest BCUT2D eigenvalue weighted by Crippen LogP contribution is -2.04. The molecule has 0 aliphatic heterocycles. The molecule has 0 spiro atoms. The van der Waals surface area contributed by atoms with E-state index in [-0.39, 0.29) is 7.92 Å². The van der Waals surface area contributed by atoms with Gasteiger partial charge in [0.25, 0.3) is 0 Å². The zero-order valence-electron chi connectivity index (χ0n) is 6.65. The number of nitrogens with one attached hydrogen (secondary N) is 1. The normalized spacial score (nSPS) is 12.7. The Hall–Kier alpha value is -0.200. The molecule has 0 aliphatic carbocycles. The van der Waals surface area contributed by atoms with E-state index in [0.717, 1.165) is 17.2 Å². The molecule has 0 fully saturated rings. The van der Waals surface area contributed by atoms with Crippen molar-refractivity contribution in [1.29, 1.82) is 5.41 Å². The average molecular weight is 158 g/mol. The van der Waals surface area contributed by atoms with Crippen molar-refractivity contribution in [3.63, 3.8) is 0 Å². The monoisotopic (exact) mass is 158 g/mol. The molecule has 3 N–H and O–H groups in total. The average Bonchev–Trinajstić information content (AvgIpc) is 1.85. The van der Waals surface area contributed by atoms with Crippen LogP contribution in [0.15, 0.2) is 11.9 Å². The maximum atomic E-state index is 7.23. The van der Waals surface area contributed by atoms with E-state index in [0.29, 0.717) is 6.54 Å². The fraction of sp³-hybridized carbons (Fsp3) is 0.571. The Morgan fingerprint density at radius 3 is 2.50 bits per heavy atom. The van der Waals surface area contributed by atoms with Crippen LogP contribution in [-0.2, 0) is 0 Å². The summed E-state index contributed by atoms with van der Waals surface area (Å²) in [5.74, 6) is 0. The maximum Gasteiger partial charge on any atom is 0.0176 e. The Morgan fingerprint density at radius 1 is 1.70 bits per heavy atom. The standard InChI is InChI=1S/C7H15N2P/c1-6(9)5-10(3)7(2)4-8/h9H,2,4-5,8H2,1,3H3. The number of nitrogens with two attached hydrogens (primary N) is 1. The van der Waals surface area contributed by atoms with Crippen LogP contribution in [0.25, 0.3) is 0 Å². The second-order valence-electron chi connectivity index (χ2n) is 2.41. The molecule has 0 bridgehead atoms. The van der Waals surface area contributed by atoms with Crippen molar-refractivity contribution in [2.45, 2.75) is 6.92 Å². The van der Waals surface area contributed by atoms with E-state index < -0.39 is 0 Å². The number of hydrogen-bond donors (Lipinski definition) is 2. The van der Waals surface area contributed by atoms with Crippen molar-refractivity contribution in [3.8, 4) is 0 Å². The molecule has 1 atom stereocenters. The molecule has 0 aromatic heterocycles. The number of rotatable bonds is 4. The molecule has 58 valence electrons. The summed E-state index contributed by atoms with van der Waals surface area (Å²) >= 11 is 0. The van der Waals surface area contributed by atoms with Crippen LogP contribution in [0.1, 0.15) is 6.92 Å². The second-order valence-corrected chi connectivity index (χ2v) is 4.75. The molecule has 0 radical (unpaired) electrons. The smallest absolute Gasteiger partial charge is 0.0176 e. The summed E-state index contributed by atoms with van der Waals surface area (Å²) in [6, 6.07) is 0. The molecule has 1 unspecified atom stereocenters. The van der Waals surface area contributed by atoms with Crippen LogP contribution in [0, 0.1) is 5.41 Å². The van der Waals surface area contributed by atoms with Crippen LogP contribution in [0.4, 0.5) is 0 Å². The van der Waals surface area contributed by atoms with Crippen molar-refractivity contribution >= 4 is 13.6 Å². The summed E-state index contributed by atoms with van der Waals surface area (Å²) < 4.78 is 0. The first-order valence-electron chi connectivity index (χ1n) is 3.21. The Balaban J connectivity index is 3.72. The van der Waals surface area contributed by atoms with Crippen LogP contribution in [0.5, 0.6) is 0 Å². The second kappa shape index (κ2) is 4.59. The third-order valence-corrected chi connectivity index (χ3v) is 3.46. The minimum absolute atomic E-state index is 0.225. The molecule has 0 aromatic carbocycles. The molecular weight excluding hydrogens is 143 g/mol. The number of hydrogen-bond acceptors (Lipinski definition) is 2. The Labute approximate surface area is 63.8 Å². The van der Waals surface area contributed by atoms with Crippen LogP contribution in [-0.4, -0.2) is 25.1 Å². The highest BCUT2D eigenvalue weighted by molar-refractivity contribution is 7.62. The van der Waals surface area contributed by atoms with Crippen molar-refractivity contribution in [2.75, 3.05) is 19.4 Å². The maximum absolute atomic E-state index is 7.23. The molecule has 10 heavy (non-hydrogen) atoms. The molecular formula is C7H15N2P. The van der Waals surface area contributed by atoms with E-state index in [2.05, 4.69) is 13.2 Å². The van der Waals surface area contributed by atoms with E-state index in [9.17, 15) is 0 Å². The minimum Gasteiger partial charge on any atom is -0.326 e. The largest absolute Gasteiger partial charge is 0.326 e.